The molecule has 0 saturated carbocycles. The lowest BCUT2D eigenvalue weighted by Crippen LogP contribution is -1.93. The van der Waals surface area contributed by atoms with Crippen molar-refractivity contribution in [2.24, 2.45) is 15.0 Å². The van der Waals surface area contributed by atoms with Crippen molar-refractivity contribution in [2.45, 2.75) is 0 Å². The SMILES string of the molecule is C1=NC2=NC(c3ccccc3)=NC2=C1. The molecule has 0 atom stereocenters. The topological polar surface area (TPSA) is 37.1 Å². The largest absolute Gasteiger partial charge is 0.235 e. The van der Waals surface area contributed by atoms with Crippen molar-refractivity contribution in [2.75, 3.05) is 0 Å². The lowest BCUT2D eigenvalue weighted by atomic mass is 10.2. The number of benzene rings is 1. The van der Waals surface area contributed by atoms with Gasteiger partial charge >= 0.3 is 0 Å². The van der Waals surface area contributed by atoms with Crippen LogP contribution in [0.1, 0.15) is 5.56 Å². The van der Waals surface area contributed by atoms with E-state index in [0.717, 1.165) is 22.9 Å². The molecule has 0 radical (unpaired) electrons. The molecule has 1 aromatic carbocycles. The Morgan fingerprint density at radius 1 is 0.857 bits per heavy atom. The summed E-state index contributed by atoms with van der Waals surface area (Å²) in [5, 5.41) is 0. The number of nitrogens with zero attached hydrogens (tertiary/aromatic N) is 3. The van der Waals surface area contributed by atoms with E-state index in [4.69, 9.17) is 0 Å². The van der Waals surface area contributed by atoms with Crippen molar-refractivity contribution in [1.82, 2.24) is 0 Å². The first-order valence-corrected chi connectivity index (χ1v) is 4.41. The zero-order valence-corrected chi connectivity index (χ0v) is 7.38. The zero-order valence-electron chi connectivity index (χ0n) is 7.38. The summed E-state index contributed by atoms with van der Waals surface area (Å²) >= 11 is 0. The van der Waals surface area contributed by atoms with Gasteiger partial charge in [-0.15, -0.1) is 0 Å². The molecule has 0 unspecified atom stereocenters. The summed E-state index contributed by atoms with van der Waals surface area (Å²) in [4.78, 5) is 12.8. The average Bonchev–Trinajstić information content (AvgIpc) is 2.78. The quantitative estimate of drug-likeness (QED) is 0.633. The molecule has 0 bridgehead atoms. The maximum Gasteiger partial charge on any atom is 0.180 e. The number of amidine groups is 2. The van der Waals surface area contributed by atoms with Crippen LogP contribution in [0.5, 0.6) is 0 Å². The van der Waals surface area contributed by atoms with E-state index in [1.807, 2.05) is 36.4 Å². The smallest absolute Gasteiger partial charge is 0.180 e. The number of hydrogen-bond donors (Lipinski definition) is 0. The Morgan fingerprint density at radius 3 is 2.50 bits per heavy atom. The Labute approximate surface area is 81.2 Å². The summed E-state index contributed by atoms with van der Waals surface area (Å²) in [5.74, 6) is 1.48. The van der Waals surface area contributed by atoms with Crippen LogP contribution in [-0.4, -0.2) is 17.9 Å². The Bertz CT molecular complexity index is 493. The molecule has 0 amide bonds. The normalized spacial score (nSPS) is 17.6. The Hall–Kier alpha value is -2.03. The molecule has 2 heterocycles. The van der Waals surface area contributed by atoms with E-state index >= 15 is 0 Å². The highest BCUT2D eigenvalue weighted by Crippen LogP contribution is 2.18. The van der Waals surface area contributed by atoms with Crippen molar-refractivity contribution in [3.05, 3.63) is 47.7 Å². The van der Waals surface area contributed by atoms with Crippen LogP contribution in [0.4, 0.5) is 0 Å². The van der Waals surface area contributed by atoms with Crippen LogP contribution < -0.4 is 0 Å². The summed E-state index contributed by atoms with van der Waals surface area (Å²) in [5.41, 5.74) is 1.90. The van der Waals surface area contributed by atoms with Gasteiger partial charge in [-0.3, -0.25) is 0 Å². The average molecular weight is 181 g/mol. The summed E-state index contributed by atoms with van der Waals surface area (Å²) in [6, 6.07) is 9.92. The molecule has 0 aromatic heterocycles. The molecule has 3 nitrogen and oxygen atoms in total. The molecule has 66 valence electrons. The Morgan fingerprint density at radius 2 is 1.71 bits per heavy atom. The van der Waals surface area contributed by atoms with Crippen molar-refractivity contribution >= 4 is 17.9 Å². The van der Waals surface area contributed by atoms with E-state index in [2.05, 4.69) is 15.0 Å². The fraction of sp³-hybridized carbons (Fsp3) is 0. The van der Waals surface area contributed by atoms with Gasteiger partial charge in [0.1, 0.15) is 5.70 Å². The molecule has 3 rings (SSSR count). The number of fused-ring (bicyclic) bond motifs is 1. The van der Waals surface area contributed by atoms with Crippen LogP contribution >= 0.6 is 0 Å². The number of hydrogen-bond acceptors (Lipinski definition) is 3. The van der Waals surface area contributed by atoms with Gasteiger partial charge in [0.05, 0.1) is 0 Å². The summed E-state index contributed by atoms with van der Waals surface area (Å²) in [6.45, 7) is 0. The molecule has 2 aliphatic rings. The Balaban J connectivity index is 2.05. The molecule has 1 aromatic rings. The molecule has 0 spiro atoms. The van der Waals surface area contributed by atoms with Gasteiger partial charge in [-0.05, 0) is 6.08 Å². The van der Waals surface area contributed by atoms with Crippen LogP contribution in [0.15, 0.2) is 57.1 Å². The van der Waals surface area contributed by atoms with E-state index < -0.39 is 0 Å². The number of rotatable bonds is 1. The fourth-order valence-corrected chi connectivity index (χ4v) is 1.45. The van der Waals surface area contributed by atoms with E-state index in [9.17, 15) is 0 Å². The van der Waals surface area contributed by atoms with Gasteiger partial charge in [-0.25, -0.2) is 15.0 Å². The summed E-state index contributed by atoms with van der Waals surface area (Å²) in [7, 11) is 0. The van der Waals surface area contributed by atoms with Gasteiger partial charge in [0, 0.05) is 11.8 Å². The predicted molar refractivity (Wildman–Crippen MR) is 57.0 cm³/mol. The maximum atomic E-state index is 4.37. The monoisotopic (exact) mass is 181 g/mol. The minimum atomic E-state index is 0.726. The second-order valence-electron chi connectivity index (χ2n) is 3.07. The minimum absolute atomic E-state index is 0.726. The molecule has 2 aliphatic heterocycles. The highest BCUT2D eigenvalue weighted by molar-refractivity contribution is 6.22. The predicted octanol–water partition coefficient (Wildman–Crippen LogP) is 1.81. The maximum absolute atomic E-state index is 4.37. The van der Waals surface area contributed by atoms with E-state index in [-0.39, 0.29) is 0 Å². The van der Waals surface area contributed by atoms with E-state index in [0.29, 0.717) is 0 Å². The van der Waals surface area contributed by atoms with E-state index in [1.54, 1.807) is 6.21 Å². The molecular weight excluding hydrogens is 174 g/mol. The number of allylic oxidation sites excluding steroid dienone is 1. The van der Waals surface area contributed by atoms with Crippen LogP contribution in [0, 0.1) is 0 Å². The van der Waals surface area contributed by atoms with Crippen molar-refractivity contribution in [3.63, 3.8) is 0 Å². The van der Waals surface area contributed by atoms with Gasteiger partial charge in [0.2, 0.25) is 0 Å². The van der Waals surface area contributed by atoms with Crippen LogP contribution in [0.3, 0.4) is 0 Å². The highest BCUT2D eigenvalue weighted by Gasteiger charge is 2.18. The first-order chi connectivity index (χ1) is 6.93. The molecule has 3 heteroatoms. The number of aliphatic imine (C=N–C) groups is 3. The Kier molecular flexibility index (Phi) is 1.44. The lowest BCUT2D eigenvalue weighted by Gasteiger charge is -1.94. The first kappa shape index (κ1) is 7.38. The molecule has 0 saturated heterocycles. The standard InChI is InChI=1S/C11H7N3/c1-2-4-8(5-3-1)10-13-9-6-7-12-11(9)14-10/h1-7H. The fourth-order valence-electron chi connectivity index (χ4n) is 1.45. The lowest BCUT2D eigenvalue weighted by molar-refractivity contribution is 1.48. The second kappa shape index (κ2) is 2.73. The third kappa shape index (κ3) is 1.03. The minimum Gasteiger partial charge on any atom is -0.235 e. The van der Waals surface area contributed by atoms with Gasteiger partial charge in [0.15, 0.2) is 11.7 Å². The van der Waals surface area contributed by atoms with Gasteiger partial charge in [0.25, 0.3) is 0 Å². The molecule has 0 fully saturated rings. The molecule has 0 aliphatic carbocycles. The molecule has 0 N–H and O–H groups in total. The highest BCUT2D eigenvalue weighted by atomic mass is 15.1. The van der Waals surface area contributed by atoms with Crippen molar-refractivity contribution in [3.8, 4) is 0 Å². The van der Waals surface area contributed by atoms with Gasteiger partial charge in [-0.1, -0.05) is 30.3 Å². The third-order valence-corrected chi connectivity index (χ3v) is 2.13. The molecular formula is C11H7N3. The molecule has 14 heavy (non-hydrogen) atoms. The van der Waals surface area contributed by atoms with E-state index in [1.165, 1.54) is 0 Å². The van der Waals surface area contributed by atoms with Crippen LogP contribution in [0.25, 0.3) is 0 Å². The first-order valence-electron chi connectivity index (χ1n) is 4.41. The summed E-state index contributed by atoms with van der Waals surface area (Å²) < 4.78 is 0. The van der Waals surface area contributed by atoms with Crippen LogP contribution in [-0.2, 0) is 0 Å². The third-order valence-electron chi connectivity index (χ3n) is 2.13. The van der Waals surface area contributed by atoms with Crippen molar-refractivity contribution in [1.29, 1.82) is 0 Å². The van der Waals surface area contributed by atoms with Gasteiger partial charge < -0.3 is 0 Å². The van der Waals surface area contributed by atoms with Crippen molar-refractivity contribution < 1.29 is 0 Å². The second-order valence-corrected chi connectivity index (χ2v) is 3.07. The summed E-state index contributed by atoms with van der Waals surface area (Å²) in [6.07, 6.45) is 3.59. The van der Waals surface area contributed by atoms with Crippen LogP contribution in [0.2, 0.25) is 0 Å². The zero-order chi connectivity index (χ0) is 9.38. The van der Waals surface area contributed by atoms with Gasteiger partial charge in [-0.2, -0.15) is 0 Å².